The van der Waals surface area contributed by atoms with Crippen molar-refractivity contribution < 1.29 is 37.6 Å². The number of phosphoric ester groups is 1. The fourth-order valence-electron chi connectivity index (χ4n) is 6.04. The smallest absolute Gasteiger partial charge is 0.462 e. The quantitative estimate of drug-likeness (QED) is 0.0269. The number of nitrogens with two attached hydrogens (primary N) is 1. The maximum absolute atomic E-state index is 12.5. The molecule has 0 spiro atoms. The van der Waals surface area contributed by atoms with Crippen LogP contribution in [0.4, 0.5) is 0 Å². The lowest BCUT2D eigenvalue weighted by atomic mass is 10.1. The number of phosphoric acid groups is 1. The highest BCUT2D eigenvalue weighted by Crippen LogP contribution is 2.43. The third-order valence-electron chi connectivity index (χ3n) is 9.31. The number of carbonyl (C=O) groups is 2. The molecule has 2 atom stereocenters. The van der Waals surface area contributed by atoms with Crippen LogP contribution in [-0.4, -0.2) is 49.3 Å². The first-order chi connectivity index (χ1) is 25.8. The molecule has 53 heavy (non-hydrogen) atoms. The summed E-state index contributed by atoms with van der Waals surface area (Å²) in [4.78, 5) is 34.8. The second kappa shape index (κ2) is 40.2. The predicted octanol–water partition coefficient (Wildman–Crippen LogP) is 12.4. The van der Waals surface area contributed by atoms with Gasteiger partial charge in [-0.25, -0.2) is 4.57 Å². The molecule has 10 heteroatoms. The van der Waals surface area contributed by atoms with Crippen LogP contribution < -0.4 is 5.73 Å². The number of hydrogen-bond acceptors (Lipinski definition) is 8. The first-order valence-corrected chi connectivity index (χ1v) is 23.3. The van der Waals surface area contributed by atoms with Crippen molar-refractivity contribution in [2.24, 2.45) is 5.73 Å². The van der Waals surface area contributed by atoms with E-state index in [9.17, 15) is 19.0 Å². The average molecular weight is 772 g/mol. The Morgan fingerprint density at radius 1 is 0.547 bits per heavy atom. The summed E-state index contributed by atoms with van der Waals surface area (Å²) in [5.41, 5.74) is 5.34. The molecule has 0 saturated heterocycles. The largest absolute Gasteiger partial charge is 0.472 e. The number of allylic oxidation sites excluding steroid dienone is 4. The van der Waals surface area contributed by atoms with Crippen LogP contribution in [-0.2, 0) is 32.7 Å². The monoisotopic (exact) mass is 772 g/mol. The van der Waals surface area contributed by atoms with E-state index in [-0.39, 0.29) is 38.6 Å². The molecule has 0 amide bonds. The summed E-state index contributed by atoms with van der Waals surface area (Å²) in [5, 5.41) is 0. The summed E-state index contributed by atoms with van der Waals surface area (Å²) in [6, 6.07) is 0. The van der Waals surface area contributed by atoms with E-state index in [1.165, 1.54) is 122 Å². The summed E-state index contributed by atoms with van der Waals surface area (Å²) in [6.07, 6.45) is 42.1. The first kappa shape index (κ1) is 51.5. The Kier molecular flexibility index (Phi) is 39.0. The Hall–Kier alpha value is -1.51. The highest BCUT2D eigenvalue weighted by atomic mass is 31.2. The molecule has 3 N–H and O–H groups in total. The van der Waals surface area contributed by atoms with Gasteiger partial charge in [0.05, 0.1) is 13.2 Å². The summed E-state index contributed by atoms with van der Waals surface area (Å²) in [7, 11) is -4.37. The lowest BCUT2D eigenvalue weighted by Crippen LogP contribution is -2.29. The zero-order valence-electron chi connectivity index (χ0n) is 34.3. The Balaban J connectivity index is 4.11. The number of unbranched alkanes of at least 4 members (excludes halogenated alkanes) is 24. The Morgan fingerprint density at radius 2 is 0.925 bits per heavy atom. The number of hydrogen-bond donors (Lipinski definition) is 2. The van der Waals surface area contributed by atoms with E-state index >= 15 is 0 Å². The van der Waals surface area contributed by atoms with E-state index in [0.29, 0.717) is 6.42 Å². The zero-order valence-corrected chi connectivity index (χ0v) is 35.2. The van der Waals surface area contributed by atoms with Crippen LogP contribution in [0.2, 0.25) is 0 Å². The van der Waals surface area contributed by atoms with Crippen LogP contribution in [0.1, 0.15) is 206 Å². The van der Waals surface area contributed by atoms with Gasteiger partial charge in [0.2, 0.25) is 0 Å². The minimum absolute atomic E-state index is 0.0528. The maximum atomic E-state index is 12.5. The molecule has 0 saturated carbocycles. The van der Waals surface area contributed by atoms with Gasteiger partial charge in [0, 0.05) is 19.4 Å². The van der Waals surface area contributed by atoms with Gasteiger partial charge in [0.15, 0.2) is 6.10 Å². The van der Waals surface area contributed by atoms with Crippen molar-refractivity contribution in [3.8, 4) is 0 Å². The van der Waals surface area contributed by atoms with Crippen LogP contribution in [0.5, 0.6) is 0 Å². The molecule has 0 rings (SSSR count). The molecule has 312 valence electrons. The van der Waals surface area contributed by atoms with Gasteiger partial charge in [-0.05, 0) is 64.2 Å². The summed E-state index contributed by atoms with van der Waals surface area (Å²) < 4.78 is 32.7. The van der Waals surface area contributed by atoms with Crippen LogP contribution in [0.25, 0.3) is 0 Å². The van der Waals surface area contributed by atoms with Crippen molar-refractivity contribution >= 4 is 19.8 Å². The minimum atomic E-state index is -4.37. The zero-order chi connectivity index (χ0) is 38.9. The summed E-state index contributed by atoms with van der Waals surface area (Å²) in [6.45, 7) is 3.71. The predicted molar refractivity (Wildman–Crippen MR) is 220 cm³/mol. The van der Waals surface area contributed by atoms with Crippen LogP contribution in [0.3, 0.4) is 0 Å². The molecule has 0 aliphatic carbocycles. The minimum Gasteiger partial charge on any atom is -0.462 e. The van der Waals surface area contributed by atoms with Crippen LogP contribution >= 0.6 is 7.82 Å². The number of esters is 2. The fourth-order valence-corrected chi connectivity index (χ4v) is 6.80. The average Bonchev–Trinajstić information content (AvgIpc) is 3.14. The highest BCUT2D eigenvalue weighted by Gasteiger charge is 2.26. The van der Waals surface area contributed by atoms with Gasteiger partial charge in [0.25, 0.3) is 0 Å². The number of rotatable bonds is 41. The molecule has 0 aromatic carbocycles. The van der Waals surface area contributed by atoms with Crippen molar-refractivity contribution in [1.82, 2.24) is 0 Å². The van der Waals surface area contributed by atoms with E-state index < -0.39 is 26.5 Å². The molecular formula is C43H82NO8P. The Bertz CT molecular complexity index is 928. The maximum Gasteiger partial charge on any atom is 0.472 e. The Labute approximate surface area is 325 Å². The molecule has 9 nitrogen and oxygen atoms in total. The van der Waals surface area contributed by atoms with Gasteiger partial charge in [-0.1, -0.05) is 154 Å². The number of ether oxygens (including phenoxy) is 2. The van der Waals surface area contributed by atoms with Gasteiger partial charge >= 0.3 is 19.8 Å². The van der Waals surface area contributed by atoms with Crippen molar-refractivity contribution in [2.45, 2.75) is 213 Å². The molecular weight excluding hydrogens is 689 g/mol. The standard InChI is InChI=1S/C43H82NO8P/c1-3-5-7-9-11-13-15-17-18-19-20-21-22-24-25-27-29-31-33-35-42(45)49-39-41(40-51-53(47,48)50-38-37-44)52-43(46)36-34-32-30-28-26-23-16-14-12-10-8-6-4-2/h14,16-18,41H,3-13,15,19-40,44H2,1-2H3,(H,47,48)/b16-14+,18-17+/t41-/m0/s1. The van der Waals surface area contributed by atoms with Crippen molar-refractivity contribution in [2.75, 3.05) is 26.4 Å². The lowest BCUT2D eigenvalue weighted by Gasteiger charge is -2.19. The molecule has 0 aromatic heterocycles. The fraction of sp³-hybridized carbons (Fsp3) is 0.860. The topological polar surface area (TPSA) is 134 Å². The van der Waals surface area contributed by atoms with Crippen LogP contribution in [0.15, 0.2) is 24.3 Å². The van der Waals surface area contributed by atoms with Gasteiger partial charge in [-0.15, -0.1) is 0 Å². The van der Waals surface area contributed by atoms with Gasteiger partial charge in [-0.2, -0.15) is 0 Å². The molecule has 0 aliphatic heterocycles. The molecule has 1 unspecified atom stereocenters. The van der Waals surface area contributed by atoms with Crippen molar-refractivity contribution in [1.29, 1.82) is 0 Å². The molecule has 0 heterocycles. The van der Waals surface area contributed by atoms with Gasteiger partial charge < -0.3 is 20.1 Å². The van der Waals surface area contributed by atoms with E-state index in [1.807, 2.05) is 0 Å². The second-order valence-electron chi connectivity index (χ2n) is 14.6. The van der Waals surface area contributed by atoms with Gasteiger partial charge in [-0.3, -0.25) is 18.6 Å². The van der Waals surface area contributed by atoms with Crippen molar-refractivity contribution in [3.63, 3.8) is 0 Å². The SMILES string of the molecule is CCCCCC/C=C/CCCCCCCC(=O)O[C@@H](COC(=O)CCCCCCCCCCC/C=C/CCCCCCCC)COP(=O)(O)OCCN. The molecule has 0 radical (unpaired) electrons. The highest BCUT2D eigenvalue weighted by molar-refractivity contribution is 7.47. The summed E-state index contributed by atoms with van der Waals surface area (Å²) in [5.74, 6) is -0.836. The third kappa shape index (κ3) is 40.0. The van der Waals surface area contributed by atoms with Crippen molar-refractivity contribution in [3.05, 3.63) is 24.3 Å². The molecule has 0 aromatic rings. The van der Waals surface area contributed by atoms with Gasteiger partial charge in [0.1, 0.15) is 6.61 Å². The first-order valence-electron chi connectivity index (χ1n) is 21.8. The second-order valence-corrected chi connectivity index (χ2v) is 16.0. The normalized spacial score (nSPS) is 13.5. The molecule has 0 aliphatic rings. The van der Waals surface area contributed by atoms with E-state index in [2.05, 4.69) is 38.2 Å². The summed E-state index contributed by atoms with van der Waals surface area (Å²) >= 11 is 0. The van der Waals surface area contributed by atoms with E-state index in [0.717, 1.165) is 51.4 Å². The van der Waals surface area contributed by atoms with E-state index in [1.54, 1.807) is 0 Å². The molecule has 0 bridgehead atoms. The number of carbonyl (C=O) groups excluding carboxylic acids is 2. The van der Waals surface area contributed by atoms with E-state index in [4.69, 9.17) is 24.3 Å². The Morgan fingerprint density at radius 3 is 1.36 bits per heavy atom. The third-order valence-corrected chi connectivity index (χ3v) is 10.3. The van der Waals surface area contributed by atoms with Crippen LogP contribution in [0, 0.1) is 0 Å². The lowest BCUT2D eigenvalue weighted by molar-refractivity contribution is -0.161. The molecule has 0 fully saturated rings.